The quantitative estimate of drug-likeness (QED) is 0.800. The summed E-state index contributed by atoms with van der Waals surface area (Å²) in [5.41, 5.74) is 2.90. The van der Waals surface area contributed by atoms with Crippen LogP contribution in [0, 0.1) is 6.92 Å². The lowest BCUT2D eigenvalue weighted by Gasteiger charge is -2.01. The number of benzene rings is 1. The van der Waals surface area contributed by atoms with Crippen molar-refractivity contribution in [2.75, 3.05) is 5.75 Å². The van der Waals surface area contributed by atoms with E-state index in [9.17, 15) is 4.79 Å². The minimum Gasteiger partial charge on any atom is -0.358 e. The van der Waals surface area contributed by atoms with Gasteiger partial charge in [0.2, 0.25) is 0 Å². The molecule has 3 heteroatoms. The second-order valence-corrected chi connectivity index (χ2v) is 4.48. The number of hydrogen-bond donors (Lipinski definition) is 2. The SMILES string of the molecule is Cc1cc(=O)c2cc(C=CCCS)ccc2[nH]1. The summed E-state index contributed by atoms with van der Waals surface area (Å²) in [6.45, 7) is 1.89. The summed E-state index contributed by atoms with van der Waals surface area (Å²) >= 11 is 4.15. The number of hydrogen-bond acceptors (Lipinski definition) is 2. The van der Waals surface area contributed by atoms with Crippen LogP contribution in [0.3, 0.4) is 0 Å². The molecule has 0 aliphatic carbocycles. The Hall–Kier alpha value is -1.48. The summed E-state index contributed by atoms with van der Waals surface area (Å²) < 4.78 is 0. The molecule has 0 atom stereocenters. The van der Waals surface area contributed by atoms with Crippen LogP contribution in [-0.2, 0) is 0 Å². The summed E-state index contributed by atoms with van der Waals surface area (Å²) in [7, 11) is 0. The predicted octanol–water partition coefficient (Wildman–Crippen LogP) is 3.17. The Bertz CT molecular complexity index is 613. The van der Waals surface area contributed by atoms with Gasteiger partial charge in [0.05, 0.1) is 0 Å². The fourth-order valence-corrected chi connectivity index (χ4v) is 1.94. The first-order valence-electron chi connectivity index (χ1n) is 5.62. The molecule has 0 spiro atoms. The van der Waals surface area contributed by atoms with Gasteiger partial charge in [-0.25, -0.2) is 0 Å². The number of aryl methyl sites for hydroxylation is 1. The molecule has 0 saturated heterocycles. The zero-order chi connectivity index (χ0) is 12.3. The van der Waals surface area contributed by atoms with Crippen molar-refractivity contribution >= 4 is 29.6 Å². The monoisotopic (exact) mass is 245 g/mol. The number of pyridine rings is 1. The smallest absolute Gasteiger partial charge is 0.189 e. The molecule has 1 N–H and O–H groups in total. The number of H-pyrrole nitrogens is 1. The van der Waals surface area contributed by atoms with Crippen LogP contribution >= 0.6 is 12.6 Å². The second kappa shape index (κ2) is 5.23. The third-order valence-electron chi connectivity index (χ3n) is 2.59. The fraction of sp³-hybridized carbons (Fsp3) is 0.214. The van der Waals surface area contributed by atoms with Gasteiger partial charge in [-0.3, -0.25) is 4.79 Å². The maximum Gasteiger partial charge on any atom is 0.189 e. The van der Waals surface area contributed by atoms with Gasteiger partial charge in [0, 0.05) is 22.7 Å². The van der Waals surface area contributed by atoms with Gasteiger partial charge in [-0.15, -0.1) is 0 Å². The molecule has 88 valence electrons. The molecule has 2 rings (SSSR count). The van der Waals surface area contributed by atoms with E-state index >= 15 is 0 Å². The molecule has 1 aromatic carbocycles. The first-order valence-corrected chi connectivity index (χ1v) is 6.25. The Morgan fingerprint density at radius 3 is 2.94 bits per heavy atom. The zero-order valence-electron chi connectivity index (χ0n) is 9.73. The predicted molar refractivity (Wildman–Crippen MR) is 76.8 cm³/mol. The van der Waals surface area contributed by atoms with Crippen LogP contribution in [0.5, 0.6) is 0 Å². The van der Waals surface area contributed by atoms with Crippen molar-refractivity contribution in [1.82, 2.24) is 4.98 Å². The van der Waals surface area contributed by atoms with E-state index in [-0.39, 0.29) is 5.43 Å². The van der Waals surface area contributed by atoms with Crippen molar-refractivity contribution in [3.05, 3.63) is 51.8 Å². The van der Waals surface area contributed by atoms with Gasteiger partial charge in [0.25, 0.3) is 0 Å². The van der Waals surface area contributed by atoms with Gasteiger partial charge in [-0.05, 0) is 36.8 Å². The maximum absolute atomic E-state index is 11.8. The zero-order valence-corrected chi connectivity index (χ0v) is 10.6. The molecule has 17 heavy (non-hydrogen) atoms. The second-order valence-electron chi connectivity index (χ2n) is 4.04. The van der Waals surface area contributed by atoms with Crippen LogP contribution in [0.2, 0.25) is 0 Å². The lowest BCUT2D eigenvalue weighted by atomic mass is 10.1. The van der Waals surface area contributed by atoms with Gasteiger partial charge in [0.15, 0.2) is 5.43 Å². The van der Waals surface area contributed by atoms with E-state index in [1.165, 1.54) is 0 Å². The van der Waals surface area contributed by atoms with E-state index in [1.54, 1.807) is 6.07 Å². The highest BCUT2D eigenvalue weighted by Gasteiger charge is 1.99. The molecule has 1 heterocycles. The van der Waals surface area contributed by atoms with E-state index in [2.05, 4.69) is 23.7 Å². The largest absolute Gasteiger partial charge is 0.358 e. The van der Waals surface area contributed by atoms with E-state index in [0.29, 0.717) is 0 Å². The van der Waals surface area contributed by atoms with Crippen LogP contribution in [0.4, 0.5) is 0 Å². The molecule has 0 amide bonds. The van der Waals surface area contributed by atoms with Crippen molar-refractivity contribution in [1.29, 1.82) is 0 Å². The first kappa shape index (κ1) is 12.0. The summed E-state index contributed by atoms with van der Waals surface area (Å²) in [4.78, 5) is 15.0. The summed E-state index contributed by atoms with van der Waals surface area (Å²) in [5.74, 6) is 0.837. The molecule has 2 aromatic rings. The Balaban J connectivity index is 2.47. The molecule has 0 fully saturated rings. The van der Waals surface area contributed by atoms with E-state index in [0.717, 1.165) is 34.3 Å². The Labute approximate surface area is 106 Å². The van der Waals surface area contributed by atoms with Gasteiger partial charge in [-0.2, -0.15) is 12.6 Å². The van der Waals surface area contributed by atoms with E-state index in [1.807, 2.05) is 31.2 Å². The summed E-state index contributed by atoms with van der Waals surface area (Å²) in [6, 6.07) is 7.50. The lowest BCUT2D eigenvalue weighted by molar-refractivity contribution is 1.24. The van der Waals surface area contributed by atoms with Crippen LogP contribution in [-0.4, -0.2) is 10.7 Å². The van der Waals surface area contributed by atoms with Crippen molar-refractivity contribution in [3.63, 3.8) is 0 Å². The number of aromatic amines is 1. The van der Waals surface area contributed by atoms with Gasteiger partial charge in [-0.1, -0.05) is 18.2 Å². The molecule has 0 saturated carbocycles. The molecule has 2 nitrogen and oxygen atoms in total. The highest BCUT2D eigenvalue weighted by atomic mass is 32.1. The van der Waals surface area contributed by atoms with Crippen molar-refractivity contribution in [2.24, 2.45) is 0 Å². The molecule has 0 unspecified atom stereocenters. The van der Waals surface area contributed by atoms with Gasteiger partial charge in [0.1, 0.15) is 0 Å². The van der Waals surface area contributed by atoms with Crippen molar-refractivity contribution in [3.8, 4) is 0 Å². The Kier molecular flexibility index (Phi) is 3.69. The Morgan fingerprint density at radius 2 is 2.18 bits per heavy atom. The van der Waals surface area contributed by atoms with Gasteiger partial charge >= 0.3 is 0 Å². The third kappa shape index (κ3) is 2.80. The Morgan fingerprint density at radius 1 is 1.35 bits per heavy atom. The maximum atomic E-state index is 11.8. The number of fused-ring (bicyclic) bond motifs is 1. The minimum atomic E-state index is 0.0701. The normalized spacial score (nSPS) is 11.4. The highest BCUT2D eigenvalue weighted by molar-refractivity contribution is 7.80. The molecule has 0 bridgehead atoms. The van der Waals surface area contributed by atoms with E-state index in [4.69, 9.17) is 0 Å². The fourth-order valence-electron chi connectivity index (χ4n) is 1.80. The number of aromatic nitrogens is 1. The van der Waals surface area contributed by atoms with Gasteiger partial charge < -0.3 is 4.98 Å². The third-order valence-corrected chi connectivity index (χ3v) is 2.85. The molecule has 0 aliphatic rings. The number of nitrogens with one attached hydrogen (secondary N) is 1. The summed E-state index contributed by atoms with van der Waals surface area (Å²) in [5, 5.41) is 0.739. The molecule has 0 aliphatic heterocycles. The van der Waals surface area contributed by atoms with Crippen molar-refractivity contribution in [2.45, 2.75) is 13.3 Å². The number of thiol groups is 1. The van der Waals surface area contributed by atoms with E-state index < -0.39 is 0 Å². The average molecular weight is 245 g/mol. The number of allylic oxidation sites excluding steroid dienone is 1. The first-order chi connectivity index (χ1) is 8.20. The minimum absolute atomic E-state index is 0.0701. The average Bonchev–Trinajstić information content (AvgIpc) is 2.30. The van der Waals surface area contributed by atoms with Crippen LogP contribution in [0.25, 0.3) is 17.0 Å². The van der Waals surface area contributed by atoms with Crippen LogP contribution in [0.15, 0.2) is 35.1 Å². The number of rotatable bonds is 3. The topological polar surface area (TPSA) is 32.9 Å². The summed E-state index contributed by atoms with van der Waals surface area (Å²) in [6.07, 6.45) is 5.02. The highest BCUT2D eigenvalue weighted by Crippen LogP contribution is 2.12. The standard InChI is InChI=1S/C14H15NOS/c1-10-8-14(16)12-9-11(4-2-3-7-17)5-6-13(12)15-10/h2,4-6,8-9,17H,3,7H2,1H3,(H,15,16). The lowest BCUT2D eigenvalue weighted by Crippen LogP contribution is -2.02. The van der Waals surface area contributed by atoms with Crippen LogP contribution in [0.1, 0.15) is 17.7 Å². The van der Waals surface area contributed by atoms with Crippen LogP contribution < -0.4 is 5.43 Å². The molecular weight excluding hydrogens is 230 g/mol. The molecular formula is C14H15NOS. The molecule has 0 radical (unpaired) electrons. The van der Waals surface area contributed by atoms with Crippen molar-refractivity contribution < 1.29 is 0 Å². The molecule has 1 aromatic heterocycles.